The summed E-state index contributed by atoms with van der Waals surface area (Å²) in [6.45, 7) is 5.13. The Hall–Kier alpha value is -0.300. The molecule has 0 aliphatic heterocycles. The maximum Gasteiger partial charge on any atom is 0.312 e. The van der Waals surface area contributed by atoms with E-state index in [0.717, 1.165) is 12.7 Å². The number of primary amides is 1. The van der Waals surface area contributed by atoms with E-state index in [2.05, 4.69) is 19.2 Å². The summed E-state index contributed by atoms with van der Waals surface area (Å²) in [5, 5.41) is 2.60. The Bertz CT molecular complexity index is 115. The van der Waals surface area contributed by atoms with Gasteiger partial charge in [0.05, 0.1) is 0 Å². The van der Waals surface area contributed by atoms with Crippen molar-refractivity contribution in [3.8, 4) is 0 Å². The van der Waals surface area contributed by atoms with Crippen molar-refractivity contribution in [3.05, 3.63) is 0 Å². The molecule has 11 heavy (non-hydrogen) atoms. The van der Waals surface area contributed by atoms with Gasteiger partial charge in [0, 0.05) is 6.54 Å². The fourth-order valence-electron chi connectivity index (χ4n) is 0.877. The highest BCUT2D eigenvalue weighted by molar-refractivity contribution is 7.57. The van der Waals surface area contributed by atoms with E-state index in [9.17, 15) is 4.79 Å². The predicted molar refractivity (Wildman–Crippen MR) is 50.5 cm³/mol. The van der Waals surface area contributed by atoms with E-state index in [4.69, 9.17) is 5.73 Å². The second kappa shape index (κ2) is 6.41. The largest absolute Gasteiger partial charge is 0.352 e. The van der Waals surface area contributed by atoms with E-state index >= 15 is 0 Å². The average Bonchev–Trinajstić information content (AvgIpc) is 1.98. The minimum atomic E-state index is -0.410. The minimum Gasteiger partial charge on any atom is -0.352 e. The standard InChI is InChI=1S/C7H17N2OP/c1-3-11(4-2)6-5-9-7(8)10/h3-6H2,1-2H3,(H3,8,9,10). The minimum absolute atomic E-state index is 0.143. The van der Waals surface area contributed by atoms with Gasteiger partial charge in [0.25, 0.3) is 0 Å². The van der Waals surface area contributed by atoms with Crippen molar-refractivity contribution in [3.63, 3.8) is 0 Å². The highest BCUT2D eigenvalue weighted by Gasteiger charge is 2.01. The number of nitrogens with one attached hydrogen (secondary N) is 1. The number of carbonyl (C=O) groups is 1. The van der Waals surface area contributed by atoms with Crippen LogP contribution in [0, 0.1) is 0 Å². The van der Waals surface area contributed by atoms with E-state index < -0.39 is 6.03 Å². The smallest absolute Gasteiger partial charge is 0.312 e. The fraction of sp³-hybridized carbons (Fsp3) is 0.857. The van der Waals surface area contributed by atoms with Gasteiger partial charge in [-0.1, -0.05) is 13.8 Å². The molecule has 0 rings (SSSR count). The molecule has 0 bridgehead atoms. The van der Waals surface area contributed by atoms with Crippen LogP contribution in [0.4, 0.5) is 4.79 Å². The highest BCUT2D eigenvalue weighted by atomic mass is 31.1. The first-order valence-electron chi connectivity index (χ1n) is 3.96. The lowest BCUT2D eigenvalue weighted by Gasteiger charge is -2.12. The summed E-state index contributed by atoms with van der Waals surface area (Å²) in [7, 11) is 0.143. The molecule has 0 spiro atoms. The molecule has 0 aliphatic carbocycles. The maximum absolute atomic E-state index is 10.3. The molecule has 0 atom stereocenters. The molecule has 0 aliphatic rings. The van der Waals surface area contributed by atoms with Crippen LogP contribution in [-0.4, -0.2) is 31.1 Å². The third kappa shape index (κ3) is 6.11. The van der Waals surface area contributed by atoms with E-state index in [0.29, 0.717) is 0 Å². The summed E-state index contributed by atoms with van der Waals surface area (Å²) in [4.78, 5) is 10.3. The lowest BCUT2D eigenvalue weighted by atomic mass is 10.7. The topological polar surface area (TPSA) is 55.1 Å². The van der Waals surface area contributed by atoms with Gasteiger partial charge in [0.2, 0.25) is 0 Å². The first-order chi connectivity index (χ1) is 5.20. The molecular formula is C7H17N2OP. The fourth-order valence-corrected chi connectivity index (χ4v) is 2.38. The molecule has 4 heteroatoms. The number of hydrogen-bond acceptors (Lipinski definition) is 1. The van der Waals surface area contributed by atoms with Crippen molar-refractivity contribution < 1.29 is 4.79 Å². The van der Waals surface area contributed by atoms with Crippen LogP contribution in [0.15, 0.2) is 0 Å². The summed E-state index contributed by atoms with van der Waals surface area (Å²) in [5.41, 5.74) is 4.92. The molecule has 0 saturated heterocycles. The van der Waals surface area contributed by atoms with E-state index in [-0.39, 0.29) is 7.92 Å². The SMILES string of the molecule is CCP(CC)CCNC(N)=O. The molecule has 66 valence electrons. The molecule has 0 radical (unpaired) electrons. The third-order valence-electron chi connectivity index (χ3n) is 1.62. The first kappa shape index (κ1) is 10.7. The Labute approximate surface area is 69.5 Å². The molecule has 3 N–H and O–H groups in total. The van der Waals surface area contributed by atoms with Crippen LogP contribution in [0.3, 0.4) is 0 Å². The molecule has 3 nitrogen and oxygen atoms in total. The quantitative estimate of drug-likeness (QED) is 0.607. The van der Waals surface area contributed by atoms with E-state index in [1.807, 2.05) is 0 Å². The van der Waals surface area contributed by atoms with E-state index in [1.165, 1.54) is 12.3 Å². The lowest BCUT2D eigenvalue weighted by Crippen LogP contribution is -2.31. The van der Waals surface area contributed by atoms with Crippen LogP contribution in [0.5, 0.6) is 0 Å². The number of rotatable bonds is 5. The normalized spacial score (nSPS) is 10.1. The second-order valence-corrected chi connectivity index (χ2v) is 5.37. The molecule has 0 aromatic carbocycles. The van der Waals surface area contributed by atoms with Crippen molar-refractivity contribution in [2.45, 2.75) is 13.8 Å². The van der Waals surface area contributed by atoms with Crippen LogP contribution >= 0.6 is 7.92 Å². The Kier molecular flexibility index (Phi) is 6.24. The molecule has 0 fully saturated rings. The maximum atomic E-state index is 10.3. The monoisotopic (exact) mass is 176 g/mol. The van der Waals surface area contributed by atoms with Gasteiger partial charge in [-0.2, -0.15) is 0 Å². The number of nitrogens with two attached hydrogens (primary N) is 1. The summed E-state index contributed by atoms with van der Waals surface area (Å²) in [5.74, 6) is 0. The molecule has 0 aromatic heterocycles. The van der Waals surface area contributed by atoms with Crippen LogP contribution in [0.1, 0.15) is 13.8 Å². The summed E-state index contributed by atoms with van der Waals surface area (Å²) >= 11 is 0. The van der Waals surface area contributed by atoms with Crippen molar-refractivity contribution in [1.82, 2.24) is 5.32 Å². The van der Waals surface area contributed by atoms with Gasteiger partial charge < -0.3 is 11.1 Å². The Morgan fingerprint density at radius 2 is 2.00 bits per heavy atom. The summed E-state index contributed by atoms with van der Waals surface area (Å²) in [6, 6.07) is -0.410. The van der Waals surface area contributed by atoms with Gasteiger partial charge in [-0.05, 0) is 18.5 Å². The van der Waals surface area contributed by atoms with Crippen molar-refractivity contribution >= 4 is 14.0 Å². The summed E-state index contributed by atoms with van der Waals surface area (Å²) in [6.07, 6.45) is 3.59. The number of carbonyl (C=O) groups excluding carboxylic acids is 1. The van der Waals surface area contributed by atoms with Crippen LogP contribution in [0.2, 0.25) is 0 Å². The zero-order chi connectivity index (χ0) is 8.69. The second-order valence-electron chi connectivity index (χ2n) is 2.32. The number of hydrogen-bond donors (Lipinski definition) is 2. The average molecular weight is 176 g/mol. The summed E-state index contributed by atoms with van der Waals surface area (Å²) < 4.78 is 0. The molecule has 0 aromatic rings. The number of amides is 2. The van der Waals surface area contributed by atoms with Crippen molar-refractivity contribution in [2.24, 2.45) is 5.73 Å². The molecule has 0 unspecified atom stereocenters. The third-order valence-corrected chi connectivity index (χ3v) is 4.27. The Balaban J connectivity index is 3.28. The van der Waals surface area contributed by atoms with Gasteiger partial charge >= 0.3 is 6.03 Å². The zero-order valence-corrected chi connectivity index (χ0v) is 8.16. The first-order valence-corrected chi connectivity index (χ1v) is 5.86. The molecular weight excluding hydrogens is 159 g/mol. The van der Waals surface area contributed by atoms with Crippen LogP contribution in [-0.2, 0) is 0 Å². The van der Waals surface area contributed by atoms with Crippen LogP contribution in [0.25, 0.3) is 0 Å². The lowest BCUT2D eigenvalue weighted by molar-refractivity contribution is 0.249. The molecule has 0 saturated carbocycles. The van der Waals surface area contributed by atoms with Gasteiger partial charge in [-0.15, -0.1) is 7.92 Å². The Morgan fingerprint density at radius 1 is 1.45 bits per heavy atom. The molecule has 2 amide bonds. The van der Waals surface area contributed by atoms with Gasteiger partial charge in [0.15, 0.2) is 0 Å². The number of urea groups is 1. The van der Waals surface area contributed by atoms with Crippen molar-refractivity contribution in [2.75, 3.05) is 25.0 Å². The predicted octanol–water partition coefficient (Wildman–Crippen LogP) is 1.18. The van der Waals surface area contributed by atoms with Gasteiger partial charge in [-0.3, -0.25) is 0 Å². The molecule has 0 heterocycles. The van der Waals surface area contributed by atoms with E-state index in [1.54, 1.807) is 0 Å². The van der Waals surface area contributed by atoms with Crippen molar-refractivity contribution in [1.29, 1.82) is 0 Å². The van der Waals surface area contributed by atoms with Gasteiger partial charge in [0.1, 0.15) is 0 Å². The van der Waals surface area contributed by atoms with Gasteiger partial charge in [-0.25, -0.2) is 4.79 Å². The Morgan fingerprint density at radius 3 is 2.36 bits per heavy atom. The zero-order valence-electron chi connectivity index (χ0n) is 7.26. The highest BCUT2D eigenvalue weighted by Crippen LogP contribution is 2.32. The van der Waals surface area contributed by atoms with Crippen LogP contribution < -0.4 is 11.1 Å².